The van der Waals surface area contributed by atoms with Gasteiger partial charge in [0.1, 0.15) is 0 Å². The summed E-state index contributed by atoms with van der Waals surface area (Å²) in [4.78, 5) is 43.7. The van der Waals surface area contributed by atoms with E-state index in [1.807, 2.05) is 76.2 Å². The van der Waals surface area contributed by atoms with Gasteiger partial charge in [-0.05, 0) is 38.9 Å². The Kier molecular flexibility index (Phi) is 41.8. The molecule has 4 aromatic carbocycles. The minimum Gasteiger partial charge on any atom is -0.466 e. The largest absolute Gasteiger partial charge is 0.466 e. The van der Waals surface area contributed by atoms with E-state index in [0.29, 0.717) is 25.4 Å². The smallest absolute Gasteiger partial charge is 0.306 e. The van der Waals surface area contributed by atoms with Crippen LogP contribution in [0, 0.1) is 52.0 Å². The number of nitrogens with two attached hydrogens (primary N) is 3. The minimum absolute atomic E-state index is 0. The van der Waals surface area contributed by atoms with Gasteiger partial charge in [-0.3, -0.25) is 14.4 Å². The van der Waals surface area contributed by atoms with Crippen molar-refractivity contribution in [3.05, 3.63) is 142 Å². The van der Waals surface area contributed by atoms with Crippen molar-refractivity contribution in [3.63, 3.8) is 0 Å². The summed E-state index contributed by atoms with van der Waals surface area (Å²) in [6.07, 6.45) is 1.46. The van der Waals surface area contributed by atoms with E-state index >= 15 is 0 Å². The van der Waals surface area contributed by atoms with Crippen LogP contribution >= 0.6 is 0 Å². The molecule has 0 fully saturated rings. The van der Waals surface area contributed by atoms with Crippen molar-refractivity contribution in [2.24, 2.45) is 17.2 Å². The zero-order valence-corrected chi connectivity index (χ0v) is 46.2. The van der Waals surface area contributed by atoms with E-state index in [1.165, 1.54) is 0 Å². The molecule has 4 aromatic rings. The zero-order chi connectivity index (χ0) is 40.5. The topological polar surface area (TPSA) is 174 Å². The summed E-state index contributed by atoms with van der Waals surface area (Å²) in [5.74, 6) is -0.774. The second-order valence-corrected chi connectivity index (χ2v) is 12.3. The number of hydrogen-bond donors (Lipinski definition) is 3. The molecular formula is C44H57N3O7Y4-4. The molecule has 0 aromatic heterocycles. The first-order valence-corrected chi connectivity index (χ1v) is 17.8. The molecule has 3 atom stereocenters. The van der Waals surface area contributed by atoms with E-state index in [2.05, 4.69) is 24.3 Å². The maximum atomic E-state index is 11.2. The Morgan fingerprint density at radius 1 is 0.517 bits per heavy atom. The van der Waals surface area contributed by atoms with E-state index in [0.717, 1.165) is 45.2 Å². The SMILES string of the molecule is CCOC(=O)CC(N)c1c[c-]cc(C)c1.CCOC(=O)C[C@@H](N)c1c[c-]cc(C)c1.CCOC(=O)C[C@H](N)c1c[c-]cc(C)c1.Cc1c[c-]cc(C=O)c1.[2HH].[Y].[Y].[Y].[Y]. The molecule has 0 aliphatic rings. The van der Waals surface area contributed by atoms with Gasteiger partial charge in [0.2, 0.25) is 0 Å². The van der Waals surface area contributed by atoms with Crippen molar-refractivity contribution >= 4 is 24.2 Å². The molecule has 0 amide bonds. The third kappa shape index (κ3) is 29.5. The van der Waals surface area contributed by atoms with Crippen LogP contribution in [0.15, 0.2) is 72.8 Å². The van der Waals surface area contributed by atoms with Gasteiger partial charge in [0, 0.05) is 132 Å². The van der Waals surface area contributed by atoms with Gasteiger partial charge in [0.25, 0.3) is 0 Å². The predicted molar refractivity (Wildman–Crippen MR) is 212 cm³/mol. The number of aryl methyl sites for hydroxylation is 4. The standard InChI is InChI=1S/3C12H16NO2.C8H7O.4Y.H2/c3*1-3-15-12(14)8-11(13)10-6-4-5-9(2)7-10;1-7-3-2-4-8(5-7)6-9;;;;;/h3*5-7,11H,3,8,13H2,1-2H3;3-6H,1H3;;;;;1H/q4*-1;;;;;/t2*11-;;;;;;;/m10......./s1/i;;;;;;;;1+1. The molecule has 0 spiro atoms. The van der Waals surface area contributed by atoms with Gasteiger partial charge in [0.05, 0.1) is 45.4 Å². The van der Waals surface area contributed by atoms with Gasteiger partial charge >= 0.3 is 17.9 Å². The molecule has 4 radical (unpaired) electrons. The van der Waals surface area contributed by atoms with Gasteiger partial charge < -0.3 is 36.2 Å². The summed E-state index contributed by atoms with van der Waals surface area (Å²) >= 11 is 0. The van der Waals surface area contributed by atoms with Gasteiger partial charge in [-0.25, -0.2) is 0 Å². The molecule has 4 rings (SSSR count). The van der Waals surface area contributed by atoms with Crippen LogP contribution in [0.1, 0.15) is 109 Å². The van der Waals surface area contributed by atoms with E-state index in [1.54, 1.807) is 45.0 Å². The molecule has 0 saturated heterocycles. The molecule has 0 saturated carbocycles. The molecule has 0 aliphatic carbocycles. The van der Waals surface area contributed by atoms with E-state index in [9.17, 15) is 19.2 Å². The zero-order valence-electron chi connectivity index (χ0n) is 34.9. The Balaban J connectivity index is -0.000000216. The number of benzene rings is 4. The third-order valence-electron chi connectivity index (χ3n) is 7.32. The second-order valence-electron chi connectivity index (χ2n) is 12.3. The molecule has 0 aliphatic heterocycles. The van der Waals surface area contributed by atoms with E-state index in [4.69, 9.17) is 31.4 Å². The van der Waals surface area contributed by atoms with Crippen molar-refractivity contribution in [3.8, 4) is 0 Å². The summed E-state index contributed by atoms with van der Waals surface area (Å²) in [7, 11) is 0. The minimum atomic E-state index is -0.305. The summed E-state index contributed by atoms with van der Waals surface area (Å²) in [6.45, 7) is 14.4. The van der Waals surface area contributed by atoms with Crippen LogP contribution in [0.5, 0.6) is 0 Å². The van der Waals surface area contributed by atoms with E-state index in [-0.39, 0.29) is 188 Å². The molecule has 10 nitrogen and oxygen atoms in total. The fourth-order valence-electron chi connectivity index (χ4n) is 4.72. The molecular weight excluding hydrogens is 1040 g/mol. The van der Waals surface area contributed by atoms with Crippen LogP contribution in [0.3, 0.4) is 0 Å². The fraction of sp³-hybridized carbons (Fsp3) is 0.364. The van der Waals surface area contributed by atoms with Crippen LogP contribution in [0.2, 0.25) is 0 Å². The van der Waals surface area contributed by atoms with Crippen LogP contribution in [-0.2, 0) is 159 Å². The first-order valence-electron chi connectivity index (χ1n) is 17.8. The van der Waals surface area contributed by atoms with Gasteiger partial charge in [-0.15, -0.1) is 16.7 Å². The van der Waals surface area contributed by atoms with Crippen molar-refractivity contribution < 1.29 is 166 Å². The summed E-state index contributed by atoms with van der Waals surface area (Å²) in [5, 5.41) is 0. The Morgan fingerprint density at radius 3 is 0.983 bits per heavy atom. The predicted octanol–water partition coefficient (Wildman–Crippen LogP) is 7.09. The number of esters is 3. The van der Waals surface area contributed by atoms with Crippen LogP contribution < -0.4 is 17.2 Å². The third-order valence-corrected chi connectivity index (χ3v) is 7.32. The summed E-state index contributed by atoms with van der Waals surface area (Å²) in [6, 6.07) is 33.1. The number of rotatable bonds is 13. The van der Waals surface area contributed by atoms with Crippen LogP contribution in [0.4, 0.5) is 0 Å². The molecule has 306 valence electrons. The Labute approximate surface area is 448 Å². The second kappa shape index (κ2) is 38.0. The van der Waals surface area contributed by atoms with Gasteiger partial charge in [-0.2, -0.15) is 119 Å². The number of carbonyl (C=O) groups is 4. The van der Waals surface area contributed by atoms with Crippen LogP contribution in [-0.4, -0.2) is 44.0 Å². The number of carbonyl (C=O) groups excluding carboxylic acids is 4. The van der Waals surface area contributed by atoms with Crippen molar-refractivity contribution in [1.29, 1.82) is 0 Å². The molecule has 6 N–H and O–H groups in total. The first-order chi connectivity index (χ1) is 25.7. The van der Waals surface area contributed by atoms with Crippen LogP contribution in [0.25, 0.3) is 0 Å². The Hall–Kier alpha value is -0.744. The molecule has 14 heteroatoms. The first kappa shape index (κ1) is 63.9. The van der Waals surface area contributed by atoms with Crippen molar-refractivity contribution in [2.75, 3.05) is 19.8 Å². The number of hydrogen-bond acceptors (Lipinski definition) is 10. The monoisotopic (exact) mass is 1100 g/mol. The maximum absolute atomic E-state index is 11.2. The van der Waals surface area contributed by atoms with E-state index < -0.39 is 0 Å². The Morgan fingerprint density at radius 2 is 0.776 bits per heavy atom. The molecule has 1 unspecified atom stereocenters. The fourth-order valence-corrected chi connectivity index (χ4v) is 4.72. The summed E-state index contributed by atoms with van der Waals surface area (Å²) < 4.78 is 14.5. The Bertz CT molecular complexity index is 1590. The molecule has 58 heavy (non-hydrogen) atoms. The molecule has 0 heterocycles. The maximum Gasteiger partial charge on any atom is 0.306 e. The summed E-state index contributed by atoms with van der Waals surface area (Å²) in [5.41, 5.74) is 25.4. The average molecular weight is 1100 g/mol. The quantitative estimate of drug-likeness (QED) is 0.0543. The average Bonchev–Trinajstić information content (AvgIpc) is 3.12. The normalized spacial score (nSPS) is 10.9. The van der Waals surface area contributed by atoms with Gasteiger partial charge in [0.15, 0.2) is 0 Å². The van der Waals surface area contributed by atoms with Crippen molar-refractivity contribution in [2.45, 2.75) is 85.9 Å². The molecule has 0 bridgehead atoms. The number of aldehydes is 1. The number of ether oxygens (including phenoxy) is 3. The van der Waals surface area contributed by atoms with Crippen molar-refractivity contribution in [1.82, 2.24) is 0 Å². The van der Waals surface area contributed by atoms with Gasteiger partial charge in [-0.1, -0.05) is 33.3 Å².